The van der Waals surface area contributed by atoms with E-state index in [4.69, 9.17) is 0 Å². The van der Waals surface area contributed by atoms with Gasteiger partial charge in [0, 0.05) is 12.6 Å². The van der Waals surface area contributed by atoms with Crippen molar-refractivity contribution in [3.05, 3.63) is 23.8 Å². The van der Waals surface area contributed by atoms with Crippen molar-refractivity contribution >= 4 is 23.4 Å². The number of hydrogen-bond acceptors (Lipinski definition) is 3. The molecule has 5 heteroatoms. The van der Waals surface area contributed by atoms with Crippen LogP contribution in [0.1, 0.15) is 25.8 Å². The summed E-state index contributed by atoms with van der Waals surface area (Å²) in [5, 5.41) is 8.50. The molecule has 1 aliphatic rings. The lowest BCUT2D eigenvalue weighted by Crippen LogP contribution is -2.34. The molecule has 18 heavy (non-hydrogen) atoms. The Bertz CT molecular complexity index is 537. The van der Waals surface area contributed by atoms with Crippen molar-refractivity contribution in [2.45, 2.75) is 39.4 Å². The molecule has 98 valence electrons. The molecule has 2 aromatic rings. The average molecular weight is 267 g/mol. The molecule has 0 radical (unpaired) electrons. The van der Waals surface area contributed by atoms with Crippen LogP contribution < -0.4 is 0 Å². The van der Waals surface area contributed by atoms with Crippen LogP contribution in [0.3, 0.4) is 0 Å². The zero-order valence-corrected chi connectivity index (χ0v) is 11.7. The zero-order chi connectivity index (χ0) is 11.8. The second kappa shape index (κ2) is 5.24. The summed E-state index contributed by atoms with van der Waals surface area (Å²) >= 11 is 0. The molecule has 0 spiro atoms. The second-order valence-corrected chi connectivity index (χ2v) is 4.88. The maximum absolute atomic E-state index is 4.27. The minimum atomic E-state index is 0. The highest BCUT2D eigenvalue weighted by atomic mass is 35.5. The topological polar surface area (TPSA) is 34.0 Å². The van der Waals surface area contributed by atoms with E-state index in [9.17, 15) is 0 Å². The minimum Gasteiger partial charge on any atom is -0.294 e. The molecule has 1 aromatic carbocycles. The number of rotatable bonds is 2. The van der Waals surface area contributed by atoms with Crippen molar-refractivity contribution in [1.82, 2.24) is 19.9 Å². The molecule has 0 fully saturated rings. The highest BCUT2D eigenvalue weighted by molar-refractivity contribution is 5.85. The summed E-state index contributed by atoms with van der Waals surface area (Å²) in [5.74, 6) is 0. The lowest BCUT2D eigenvalue weighted by Gasteiger charge is -2.26. The van der Waals surface area contributed by atoms with Gasteiger partial charge in [0.15, 0.2) is 0 Å². The van der Waals surface area contributed by atoms with Gasteiger partial charge in [0.25, 0.3) is 0 Å². The van der Waals surface area contributed by atoms with Gasteiger partial charge in [-0.2, -0.15) is 0 Å². The first kappa shape index (κ1) is 13.3. The van der Waals surface area contributed by atoms with Gasteiger partial charge in [-0.25, -0.2) is 4.68 Å². The number of nitrogens with zero attached hydrogens (tertiary/aromatic N) is 4. The van der Waals surface area contributed by atoms with E-state index in [0.717, 1.165) is 25.2 Å². The fraction of sp³-hybridized carbons (Fsp3) is 0.538. The van der Waals surface area contributed by atoms with Crippen molar-refractivity contribution in [1.29, 1.82) is 0 Å². The van der Waals surface area contributed by atoms with E-state index in [-0.39, 0.29) is 12.4 Å². The Labute approximate surface area is 113 Å². The van der Waals surface area contributed by atoms with E-state index < -0.39 is 0 Å². The van der Waals surface area contributed by atoms with Crippen LogP contribution in [0, 0.1) is 0 Å². The van der Waals surface area contributed by atoms with Crippen molar-refractivity contribution < 1.29 is 0 Å². The Kier molecular flexibility index (Phi) is 3.88. The highest BCUT2D eigenvalue weighted by Crippen LogP contribution is 2.23. The first-order valence-electron chi connectivity index (χ1n) is 6.34. The van der Waals surface area contributed by atoms with Gasteiger partial charge in [-0.1, -0.05) is 24.3 Å². The van der Waals surface area contributed by atoms with Gasteiger partial charge in [-0.15, -0.1) is 17.5 Å². The van der Waals surface area contributed by atoms with Crippen LogP contribution >= 0.6 is 12.4 Å². The van der Waals surface area contributed by atoms with Crippen LogP contribution in [-0.4, -0.2) is 32.5 Å². The number of para-hydroxylation sites is 1. The van der Waals surface area contributed by atoms with Gasteiger partial charge >= 0.3 is 0 Å². The van der Waals surface area contributed by atoms with Crippen LogP contribution in [0.4, 0.5) is 0 Å². The molecule has 1 atom stereocenters. The van der Waals surface area contributed by atoms with Gasteiger partial charge in [0.2, 0.25) is 0 Å². The van der Waals surface area contributed by atoms with E-state index in [1.807, 2.05) is 6.07 Å². The molecule has 0 saturated heterocycles. The molecule has 0 saturated carbocycles. The Morgan fingerprint density at radius 2 is 2.22 bits per heavy atom. The van der Waals surface area contributed by atoms with E-state index in [1.165, 1.54) is 17.5 Å². The molecule has 2 heterocycles. The summed E-state index contributed by atoms with van der Waals surface area (Å²) < 4.78 is 2.06. The summed E-state index contributed by atoms with van der Waals surface area (Å²) in [6, 6.07) is 6.84. The lowest BCUT2D eigenvalue weighted by molar-refractivity contribution is 0.186. The molecule has 1 unspecified atom stereocenters. The van der Waals surface area contributed by atoms with Gasteiger partial charge < -0.3 is 0 Å². The molecule has 1 aromatic heterocycles. The Balaban J connectivity index is 0.00000120. The van der Waals surface area contributed by atoms with E-state index >= 15 is 0 Å². The van der Waals surface area contributed by atoms with Crippen LogP contribution in [0.2, 0.25) is 0 Å². The molecular weight excluding hydrogens is 248 g/mol. The van der Waals surface area contributed by atoms with Crippen LogP contribution in [0.15, 0.2) is 18.2 Å². The average Bonchev–Trinajstić information content (AvgIpc) is 2.66. The summed E-state index contributed by atoms with van der Waals surface area (Å²) in [4.78, 5) is 2.53. The summed E-state index contributed by atoms with van der Waals surface area (Å²) in [5.41, 5.74) is 3.59. The largest absolute Gasteiger partial charge is 0.294 e. The van der Waals surface area contributed by atoms with Gasteiger partial charge in [-0.05, 0) is 31.5 Å². The first-order chi connectivity index (χ1) is 8.29. The molecule has 0 bridgehead atoms. The normalized spacial score (nSPS) is 19.6. The predicted molar refractivity (Wildman–Crippen MR) is 74.9 cm³/mol. The van der Waals surface area contributed by atoms with E-state index in [2.05, 4.69) is 45.9 Å². The Morgan fingerprint density at radius 3 is 3.00 bits per heavy atom. The maximum Gasteiger partial charge on any atom is 0.113 e. The first-order valence-corrected chi connectivity index (χ1v) is 6.34. The third-order valence-electron chi connectivity index (χ3n) is 3.56. The molecular formula is C13H19ClN4. The molecule has 0 N–H and O–H groups in total. The summed E-state index contributed by atoms with van der Waals surface area (Å²) in [7, 11) is 0. The number of halogens is 1. The smallest absolute Gasteiger partial charge is 0.113 e. The van der Waals surface area contributed by atoms with Crippen LogP contribution in [0.5, 0.6) is 0 Å². The SMILES string of the molecule is CCCN1Cc2cccc3nnn(c23)CC1C.Cl. The summed E-state index contributed by atoms with van der Waals surface area (Å²) in [6.45, 7) is 7.61. The van der Waals surface area contributed by atoms with Crippen molar-refractivity contribution in [2.24, 2.45) is 0 Å². The maximum atomic E-state index is 4.27. The molecule has 0 amide bonds. The molecule has 1 aliphatic heterocycles. The standard InChI is InChI=1S/C13H18N4.ClH/c1-3-7-16-9-11-5-4-6-12-13(11)17(15-14-12)8-10(16)2;/h4-6,10H,3,7-9H2,1-2H3;1H. The van der Waals surface area contributed by atoms with Crippen LogP contribution in [-0.2, 0) is 13.1 Å². The van der Waals surface area contributed by atoms with Gasteiger partial charge in [0.05, 0.1) is 12.1 Å². The van der Waals surface area contributed by atoms with Crippen molar-refractivity contribution in [3.63, 3.8) is 0 Å². The summed E-state index contributed by atoms with van der Waals surface area (Å²) in [6.07, 6.45) is 1.20. The molecule has 0 aliphatic carbocycles. The lowest BCUT2D eigenvalue weighted by atomic mass is 10.1. The highest BCUT2D eigenvalue weighted by Gasteiger charge is 2.22. The molecule has 4 nitrogen and oxygen atoms in total. The quantitative estimate of drug-likeness (QED) is 0.837. The monoisotopic (exact) mass is 266 g/mol. The van der Waals surface area contributed by atoms with Gasteiger partial charge in [0.1, 0.15) is 5.52 Å². The van der Waals surface area contributed by atoms with Crippen molar-refractivity contribution in [3.8, 4) is 0 Å². The fourth-order valence-corrected chi connectivity index (χ4v) is 2.69. The van der Waals surface area contributed by atoms with Crippen LogP contribution in [0.25, 0.3) is 11.0 Å². The van der Waals surface area contributed by atoms with E-state index in [0.29, 0.717) is 6.04 Å². The number of benzene rings is 1. The third kappa shape index (κ3) is 2.10. The zero-order valence-electron chi connectivity index (χ0n) is 10.8. The second-order valence-electron chi connectivity index (χ2n) is 4.88. The number of hydrogen-bond donors (Lipinski definition) is 0. The number of aromatic nitrogens is 3. The van der Waals surface area contributed by atoms with Crippen molar-refractivity contribution in [2.75, 3.05) is 6.54 Å². The Hall–Kier alpha value is -1.13. The Morgan fingerprint density at radius 1 is 1.39 bits per heavy atom. The fourth-order valence-electron chi connectivity index (χ4n) is 2.69. The third-order valence-corrected chi connectivity index (χ3v) is 3.56. The molecule has 3 rings (SSSR count). The predicted octanol–water partition coefficient (Wildman–Crippen LogP) is 2.47. The van der Waals surface area contributed by atoms with Gasteiger partial charge in [-0.3, -0.25) is 4.90 Å². The van der Waals surface area contributed by atoms with E-state index in [1.54, 1.807) is 0 Å². The minimum absolute atomic E-state index is 0.